The predicted octanol–water partition coefficient (Wildman–Crippen LogP) is 2.07. The van der Waals surface area contributed by atoms with Crippen LogP contribution in [0.3, 0.4) is 0 Å². The molecule has 5 rings (SSSR count). The number of fused-ring (bicyclic) bond motifs is 1. The molecule has 0 unspecified atom stereocenters. The summed E-state index contributed by atoms with van der Waals surface area (Å²) in [6.07, 6.45) is 5.93. The van der Waals surface area contributed by atoms with Crippen LogP contribution in [0.1, 0.15) is 18.7 Å². The number of aromatic nitrogens is 4. The first-order valence-corrected chi connectivity index (χ1v) is 10.5. The Labute approximate surface area is 175 Å². The fourth-order valence-corrected chi connectivity index (χ4v) is 4.01. The van der Waals surface area contributed by atoms with Gasteiger partial charge < -0.3 is 14.5 Å². The zero-order valence-electron chi connectivity index (χ0n) is 17.2. The van der Waals surface area contributed by atoms with Crippen molar-refractivity contribution in [2.24, 2.45) is 5.92 Å². The molecule has 156 valence electrons. The van der Waals surface area contributed by atoms with Gasteiger partial charge in [0.25, 0.3) is 5.56 Å². The Morgan fingerprint density at radius 2 is 1.87 bits per heavy atom. The average Bonchev–Trinajstić information content (AvgIpc) is 3.60. The number of rotatable bonds is 6. The van der Waals surface area contributed by atoms with Crippen molar-refractivity contribution in [1.82, 2.24) is 19.5 Å². The molecule has 1 saturated heterocycles. The van der Waals surface area contributed by atoms with Gasteiger partial charge >= 0.3 is 0 Å². The summed E-state index contributed by atoms with van der Waals surface area (Å²) in [5, 5.41) is 0.701. The first kappa shape index (κ1) is 19.0. The maximum atomic E-state index is 12.7. The quantitative estimate of drug-likeness (QED) is 0.620. The zero-order valence-corrected chi connectivity index (χ0v) is 17.2. The van der Waals surface area contributed by atoms with E-state index >= 15 is 0 Å². The van der Waals surface area contributed by atoms with E-state index in [1.54, 1.807) is 24.2 Å². The largest absolute Gasteiger partial charge is 0.377 e. The summed E-state index contributed by atoms with van der Waals surface area (Å²) in [7, 11) is 1.65. The van der Waals surface area contributed by atoms with Crippen LogP contribution in [0.5, 0.6) is 0 Å². The van der Waals surface area contributed by atoms with Crippen LogP contribution < -0.4 is 15.4 Å². The Morgan fingerprint density at radius 1 is 1.07 bits per heavy atom. The fraction of sp³-hybridized carbons (Fsp3) is 0.455. The third-order valence-electron chi connectivity index (χ3n) is 5.89. The van der Waals surface area contributed by atoms with Gasteiger partial charge in [-0.2, -0.15) is 0 Å². The van der Waals surface area contributed by atoms with E-state index in [1.807, 2.05) is 24.3 Å². The van der Waals surface area contributed by atoms with Gasteiger partial charge in [0.05, 0.1) is 17.2 Å². The van der Waals surface area contributed by atoms with Gasteiger partial charge in [-0.3, -0.25) is 9.36 Å². The van der Waals surface area contributed by atoms with Crippen LogP contribution >= 0.6 is 0 Å². The highest BCUT2D eigenvalue weighted by atomic mass is 16.5. The molecule has 1 aliphatic heterocycles. The molecule has 0 spiro atoms. The molecule has 2 fully saturated rings. The molecule has 0 atom stereocenters. The highest BCUT2D eigenvalue weighted by molar-refractivity contribution is 5.81. The van der Waals surface area contributed by atoms with Gasteiger partial charge in [0.15, 0.2) is 5.82 Å². The van der Waals surface area contributed by atoms with Crippen LogP contribution in [0, 0.1) is 5.92 Å². The lowest BCUT2D eigenvalue weighted by Gasteiger charge is -2.36. The zero-order chi connectivity index (χ0) is 20.5. The second kappa shape index (κ2) is 8.02. The predicted molar refractivity (Wildman–Crippen MR) is 116 cm³/mol. The fourth-order valence-electron chi connectivity index (χ4n) is 4.01. The summed E-state index contributed by atoms with van der Waals surface area (Å²) in [5.74, 6) is 2.29. The summed E-state index contributed by atoms with van der Waals surface area (Å²) < 4.78 is 6.90. The average molecular weight is 406 g/mol. The summed E-state index contributed by atoms with van der Waals surface area (Å²) >= 11 is 0. The molecule has 1 aliphatic carbocycles. The van der Waals surface area contributed by atoms with Gasteiger partial charge in [-0.25, -0.2) is 15.0 Å². The molecule has 0 bridgehead atoms. The van der Waals surface area contributed by atoms with E-state index in [0.717, 1.165) is 49.7 Å². The normalized spacial score (nSPS) is 17.0. The molecule has 3 aromatic rings. The van der Waals surface area contributed by atoms with Crippen molar-refractivity contribution in [1.29, 1.82) is 0 Å². The van der Waals surface area contributed by atoms with Crippen molar-refractivity contribution in [2.75, 3.05) is 43.1 Å². The Bertz CT molecular complexity index is 1100. The van der Waals surface area contributed by atoms with E-state index in [9.17, 15) is 4.79 Å². The number of anilines is 2. The van der Waals surface area contributed by atoms with Gasteiger partial charge in [0.1, 0.15) is 12.4 Å². The number of ether oxygens (including phenoxy) is 1. The SMILES string of the molecule is COCc1nccc(N2CCN(c3ccc4c(=O)n(CC5CC5)cnc4c3)CC2)n1. The highest BCUT2D eigenvalue weighted by Crippen LogP contribution is 2.30. The first-order valence-electron chi connectivity index (χ1n) is 10.5. The van der Waals surface area contributed by atoms with Crippen LogP contribution in [0.15, 0.2) is 41.6 Å². The third-order valence-corrected chi connectivity index (χ3v) is 5.89. The maximum Gasteiger partial charge on any atom is 0.261 e. The molecule has 1 aromatic carbocycles. The molecule has 8 nitrogen and oxygen atoms in total. The highest BCUT2D eigenvalue weighted by Gasteiger charge is 2.23. The number of benzene rings is 1. The lowest BCUT2D eigenvalue weighted by atomic mass is 10.2. The summed E-state index contributed by atoms with van der Waals surface area (Å²) in [4.78, 5) is 30.7. The lowest BCUT2D eigenvalue weighted by Crippen LogP contribution is -2.47. The van der Waals surface area contributed by atoms with Crippen molar-refractivity contribution in [2.45, 2.75) is 26.0 Å². The van der Waals surface area contributed by atoms with Gasteiger partial charge in [-0.15, -0.1) is 0 Å². The molecule has 0 N–H and O–H groups in total. The van der Waals surface area contributed by atoms with E-state index in [4.69, 9.17) is 4.74 Å². The Morgan fingerprint density at radius 3 is 2.63 bits per heavy atom. The second-order valence-electron chi connectivity index (χ2n) is 8.09. The van der Waals surface area contributed by atoms with Crippen molar-refractivity contribution in [3.63, 3.8) is 0 Å². The van der Waals surface area contributed by atoms with Gasteiger partial charge in [-0.05, 0) is 43.0 Å². The minimum absolute atomic E-state index is 0.0684. The number of hydrogen-bond acceptors (Lipinski definition) is 7. The van der Waals surface area contributed by atoms with Crippen molar-refractivity contribution < 1.29 is 4.74 Å². The van der Waals surface area contributed by atoms with Crippen LogP contribution in [0.4, 0.5) is 11.5 Å². The molecular weight excluding hydrogens is 380 g/mol. The molecule has 30 heavy (non-hydrogen) atoms. The molecule has 8 heteroatoms. The number of methoxy groups -OCH3 is 1. The van der Waals surface area contributed by atoms with E-state index in [0.29, 0.717) is 23.7 Å². The summed E-state index contributed by atoms with van der Waals surface area (Å²) in [5.41, 5.74) is 1.95. The van der Waals surface area contributed by atoms with Crippen LogP contribution in [0.25, 0.3) is 10.9 Å². The molecule has 2 aromatic heterocycles. The van der Waals surface area contributed by atoms with E-state index < -0.39 is 0 Å². The van der Waals surface area contributed by atoms with Crippen molar-refractivity contribution >= 4 is 22.4 Å². The van der Waals surface area contributed by atoms with Gasteiger partial charge in [0.2, 0.25) is 0 Å². The first-order chi connectivity index (χ1) is 14.7. The molecular formula is C22H26N6O2. The van der Waals surface area contributed by atoms with E-state index in [2.05, 4.69) is 24.8 Å². The second-order valence-corrected chi connectivity index (χ2v) is 8.09. The number of piperazine rings is 1. The van der Waals surface area contributed by atoms with Crippen LogP contribution in [-0.2, 0) is 17.9 Å². The molecule has 3 heterocycles. The minimum atomic E-state index is 0.0684. The number of hydrogen-bond donors (Lipinski definition) is 0. The van der Waals surface area contributed by atoms with Crippen LogP contribution in [-0.4, -0.2) is 52.8 Å². The minimum Gasteiger partial charge on any atom is -0.377 e. The number of nitrogens with zero attached hydrogens (tertiary/aromatic N) is 6. The Hall–Kier alpha value is -3.00. The molecule has 0 radical (unpaired) electrons. The molecule has 2 aliphatic rings. The third kappa shape index (κ3) is 3.87. The summed E-state index contributed by atoms with van der Waals surface area (Å²) in [6.45, 7) is 4.72. The van der Waals surface area contributed by atoms with E-state index in [-0.39, 0.29) is 5.56 Å². The Kier molecular flexibility index (Phi) is 5.08. The standard InChI is InChI=1S/C22H26N6O2/c1-30-14-20-23-7-6-21(25-20)27-10-8-26(9-11-27)17-4-5-18-19(12-17)24-15-28(22(18)29)13-16-2-3-16/h4-7,12,15-16H,2-3,8-11,13-14H2,1H3. The topological polar surface area (TPSA) is 76.4 Å². The molecule has 0 amide bonds. The van der Waals surface area contributed by atoms with Crippen molar-refractivity contribution in [3.8, 4) is 0 Å². The molecule has 1 saturated carbocycles. The monoisotopic (exact) mass is 406 g/mol. The van der Waals surface area contributed by atoms with Crippen molar-refractivity contribution in [3.05, 3.63) is 53.0 Å². The van der Waals surface area contributed by atoms with Gasteiger partial charge in [-0.1, -0.05) is 0 Å². The maximum absolute atomic E-state index is 12.7. The Balaban J connectivity index is 1.29. The lowest BCUT2D eigenvalue weighted by molar-refractivity contribution is 0.178. The van der Waals surface area contributed by atoms with Gasteiger partial charge in [0, 0.05) is 51.7 Å². The summed E-state index contributed by atoms with van der Waals surface area (Å²) in [6, 6.07) is 7.96. The van der Waals surface area contributed by atoms with E-state index in [1.165, 1.54) is 12.8 Å². The smallest absolute Gasteiger partial charge is 0.261 e. The van der Waals surface area contributed by atoms with Crippen LogP contribution in [0.2, 0.25) is 0 Å².